The monoisotopic (exact) mass is 282 g/mol. The minimum Gasteiger partial charge on any atom is -0.412 e. The van der Waals surface area contributed by atoms with E-state index in [2.05, 4.69) is 46.4 Å². The second-order valence-electron chi connectivity index (χ2n) is 7.28. The van der Waals surface area contributed by atoms with Gasteiger partial charge in [0.1, 0.15) is 0 Å². The van der Waals surface area contributed by atoms with Crippen LogP contribution < -0.4 is 0 Å². The summed E-state index contributed by atoms with van der Waals surface area (Å²) < 4.78 is 6.42. The van der Waals surface area contributed by atoms with Crippen LogP contribution in [0.15, 0.2) is 12.7 Å². The summed E-state index contributed by atoms with van der Waals surface area (Å²) in [7, 11) is -1.91. The normalized spacial score (nSPS) is 16.6. The molecule has 0 aromatic heterocycles. The molecule has 0 unspecified atom stereocenters. The summed E-state index contributed by atoms with van der Waals surface area (Å²) >= 11 is 0. The van der Waals surface area contributed by atoms with E-state index in [1.165, 1.54) is 0 Å². The molecule has 0 aliphatic carbocycles. The molecule has 3 heteroatoms. The highest BCUT2D eigenvalue weighted by Gasteiger charge is 2.44. The lowest BCUT2D eigenvalue weighted by Crippen LogP contribution is -2.50. The minimum absolute atomic E-state index is 0.120. The van der Waals surface area contributed by atoms with E-state index in [1.54, 1.807) is 6.08 Å². The molecule has 0 saturated carbocycles. The van der Waals surface area contributed by atoms with Gasteiger partial charge in [0, 0.05) is 11.8 Å². The van der Waals surface area contributed by atoms with Gasteiger partial charge in [-0.15, -0.1) is 18.9 Å². The first-order valence-corrected chi connectivity index (χ1v) is 9.73. The maximum Gasteiger partial charge on any atom is 0.192 e. The Bertz CT molecular complexity index is 345. The first-order chi connectivity index (χ1) is 8.40. The van der Waals surface area contributed by atoms with E-state index in [0.29, 0.717) is 6.42 Å². The van der Waals surface area contributed by atoms with Gasteiger partial charge in [-0.1, -0.05) is 40.7 Å². The van der Waals surface area contributed by atoms with Gasteiger partial charge < -0.3 is 9.53 Å². The zero-order chi connectivity index (χ0) is 15.5. The molecule has 0 spiro atoms. The number of terminal acetylenes is 1. The molecule has 0 aromatic carbocycles. The maximum atomic E-state index is 10.1. The number of rotatable bonds is 6. The van der Waals surface area contributed by atoms with Crippen molar-refractivity contribution in [1.29, 1.82) is 0 Å². The number of aliphatic hydroxyl groups excluding tert-OH is 1. The van der Waals surface area contributed by atoms with Gasteiger partial charge in [0.2, 0.25) is 0 Å². The van der Waals surface area contributed by atoms with Crippen molar-refractivity contribution in [2.45, 2.75) is 71.4 Å². The van der Waals surface area contributed by atoms with E-state index in [4.69, 9.17) is 10.8 Å². The molecule has 0 aliphatic heterocycles. The molecule has 19 heavy (non-hydrogen) atoms. The quantitative estimate of drug-likeness (QED) is 0.454. The average molecular weight is 282 g/mol. The van der Waals surface area contributed by atoms with Gasteiger partial charge >= 0.3 is 0 Å². The molecule has 0 aliphatic rings. The van der Waals surface area contributed by atoms with Crippen LogP contribution in [0.3, 0.4) is 0 Å². The van der Waals surface area contributed by atoms with Crippen molar-refractivity contribution in [1.82, 2.24) is 0 Å². The summed E-state index contributed by atoms with van der Waals surface area (Å²) in [6.07, 6.45) is 6.74. The highest BCUT2D eigenvalue weighted by Crippen LogP contribution is 2.41. The lowest BCUT2D eigenvalue weighted by molar-refractivity contribution is -0.0152. The Morgan fingerprint density at radius 2 is 1.79 bits per heavy atom. The first-order valence-electron chi connectivity index (χ1n) is 6.82. The zero-order valence-corrected chi connectivity index (χ0v) is 14.6. The number of hydrogen-bond donors (Lipinski definition) is 1. The third kappa shape index (κ3) is 4.49. The van der Waals surface area contributed by atoms with Gasteiger partial charge in [0.15, 0.2) is 8.32 Å². The van der Waals surface area contributed by atoms with Gasteiger partial charge in [-0.3, -0.25) is 0 Å². The smallest absolute Gasteiger partial charge is 0.192 e. The fourth-order valence-corrected chi connectivity index (χ4v) is 3.04. The van der Waals surface area contributed by atoms with Crippen LogP contribution in [0.4, 0.5) is 0 Å². The second kappa shape index (κ2) is 6.26. The third-order valence-electron chi connectivity index (χ3n) is 4.36. The maximum absolute atomic E-state index is 10.1. The standard InChI is InChI=1S/C16H30O2Si/c1-10-12-14(16(6,7)13(17)11-2)18-19(8,9)15(3,4)5/h1,11,13-14,17H,2,12H2,3-9H3/t13-,14+/m0/s1. The zero-order valence-electron chi connectivity index (χ0n) is 13.6. The van der Waals surface area contributed by atoms with Crippen molar-refractivity contribution < 1.29 is 9.53 Å². The minimum atomic E-state index is -1.91. The molecular weight excluding hydrogens is 252 g/mol. The van der Waals surface area contributed by atoms with E-state index in [9.17, 15) is 5.11 Å². The van der Waals surface area contributed by atoms with Crippen LogP contribution in [-0.2, 0) is 4.43 Å². The molecule has 0 aromatic rings. The van der Waals surface area contributed by atoms with Crippen molar-refractivity contribution in [2.24, 2.45) is 5.41 Å². The van der Waals surface area contributed by atoms with E-state index < -0.39 is 19.8 Å². The van der Waals surface area contributed by atoms with E-state index in [0.717, 1.165) is 0 Å². The van der Waals surface area contributed by atoms with Crippen molar-refractivity contribution in [3.8, 4) is 12.3 Å². The number of hydrogen-bond acceptors (Lipinski definition) is 2. The third-order valence-corrected chi connectivity index (χ3v) is 8.85. The molecule has 110 valence electrons. The summed E-state index contributed by atoms with van der Waals surface area (Å²) in [5.74, 6) is 2.68. The first kappa shape index (κ1) is 18.4. The van der Waals surface area contributed by atoms with Crippen LogP contribution in [0.25, 0.3) is 0 Å². The Balaban J connectivity index is 5.26. The Hall–Kier alpha value is -0.563. The number of aliphatic hydroxyl groups is 1. The van der Waals surface area contributed by atoms with Gasteiger partial charge in [-0.25, -0.2) is 0 Å². The van der Waals surface area contributed by atoms with Crippen LogP contribution in [0.2, 0.25) is 18.1 Å². The Morgan fingerprint density at radius 3 is 2.11 bits per heavy atom. The average Bonchev–Trinajstić information content (AvgIpc) is 2.25. The lowest BCUT2D eigenvalue weighted by Gasteiger charge is -2.45. The molecule has 0 bridgehead atoms. The molecule has 2 atom stereocenters. The molecule has 0 radical (unpaired) electrons. The fourth-order valence-electron chi connectivity index (χ4n) is 1.59. The predicted molar refractivity (Wildman–Crippen MR) is 85.5 cm³/mol. The van der Waals surface area contributed by atoms with Gasteiger partial charge in [0.25, 0.3) is 0 Å². The molecule has 0 amide bonds. The highest BCUT2D eigenvalue weighted by molar-refractivity contribution is 6.74. The summed E-state index contributed by atoms with van der Waals surface area (Å²) in [5, 5.41) is 10.3. The van der Waals surface area contributed by atoms with Crippen molar-refractivity contribution in [3.05, 3.63) is 12.7 Å². The van der Waals surface area contributed by atoms with Crippen molar-refractivity contribution in [2.75, 3.05) is 0 Å². The van der Waals surface area contributed by atoms with Crippen LogP contribution >= 0.6 is 0 Å². The lowest BCUT2D eigenvalue weighted by atomic mass is 9.79. The Kier molecular flexibility index (Phi) is 6.07. The van der Waals surface area contributed by atoms with Crippen LogP contribution in [0, 0.1) is 17.8 Å². The molecule has 0 heterocycles. The van der Waals surface area contributed by atoms with Crippen LogP contribution in [0.1, 0.15) is 41.0 Å². The highest BCUT2D eigenvalue weighted by atomic mass is 28.4. The van der Waals surface area contributed by atoms with E-state index in [-0.39, 0.29) is 11.1 Å². The molecule has 1 N–H and O–H groups in total. The Morgan fingerprint density at radius 1 is 1.32 bits per heavy atom. The summed E-state index contributed by atoms with van der Waals surface area (Å²) in [4.78, 5) is 0. The van der Waals surface area contributed by atoms with E-state index >= 15 is 0 Å². The molecule has 2 nitrogen and oxygen atoms in total. The van der Waals surface area contributed by atoms with Gasteiger partial charge in [0.05, 0.1) is 12.2 Å². The molecule has 0 fully saturated rings. The van der Waals surface area contributed by atoms with Crippen molar-refractivity contribution >= 4 is 8.32 Å². The van der Waals surface area contributed by atoms with Crippen molar-refractivity contribution in [3.63, 3.8) is 0 Å². The summed E-state index contributed by atoms with van der Waals surface area (Å²) in [6.45, 7) is 18.6. The summed E-state index contributed by atoms with van der Waals surface area (Å²) in [5.41, 5.74) is -0.441. The molecule has 0 saturated heterocycles. The predicted octanol–water partition coefficient (Wildman–Crippen LogP) is 3.97. The summed E-state index contributed by atoms with van der Waals surface area (Å²) in [6, 6.07) is 0. The van der Waals surface area contributed by atoms with Gasteiger partial charge in [-0.05, 0) is 18.1 Å². The van der Waals surface area contributed by atoms with Gasteiger partial charge in [-0.2, -0.15) is 0 Å². The molecular formula is C16H30O2Si. The van der Waals surface area contributed by atoms with Crippen LogP contribution in [0.5, 0.6) is 0 Å². The fraction of sp³-hybridized carbons (Fsp3) is 0.750. The Labute approximate surface area is 120 Å². The van der Waals surface area contributed by atoms with E-state index in [1.807, 2.05) is 13.8 Å². The SMILES string of the molecule is C#CC[C@@H](O[Si](C)(C)C(C)(C)C)C(C)(C)[C@@H](O)C=C. The largest absolute Gasteiger partial charge is 0.412 e. The topological polar surface area (TPSA) is 29.5 Å². The second-order valence-corrected chi connectivity index (χ2v) is 12.0. The van der Waals surface area contributed by atoms with Crippen LogP contribution in [-0.4, -0.2) is 25.6 Å². The molecule has 0 rings (SSSR count).